The van der Waals surface area contributed by atoms with E-state index in [4.69, 9.17) is 47.4 Å². The highest BCUT2D eigenvalue weighted by molar-refractivity contribution is 4.47. The average molecular weight is 511 g/mol. The van der Waals surface area contributed by atoms with Crippen molar-refractivity contribution in [3.05, 3.63) is 12.8 Å². The molecule has 0 aromatic heterocycles. The van der Waals surface area contributed by atoms with Gasteiger partial charge < -0.3 is 47.4 Å². The second-order valence-corrected chi connectivity index (χ2v) is 7.26. The molecule has 0 spiro atoms. The van der Waals surface area contributed by atoms with Crippen LogP contribution < -0.4 is 0 Å². The molecule has 0 N–H and O–H groups in total. The van der Waals surface area contributed by atoms with Gasteiger partial charge in [-0.15, -0.1) is 0 Å². The third-order valence-corrected chi connectivity index (χ3v) is 4.33. The van der Waals surface area contributed by atoms with Crippen LogP contribution in [-0.2, 0) is 47.4 Å². The van der Waals surface area contributed by atoms with Gasteiger partial charge in [0.15, 0.2) is 0 Å². The molecule has 10 nitrogen and oxygen atoms in total. The molecule has 0 saturated heterocycles. The lowest BCUT2D eigenvalue weighted by atomic mass is 10.3. The van der Waals surface area contributed by atoms with Crippen molar-refractivity contribution in [1.82, 2.24) is 0 Å². The standard InChI is InChI=1S/C25H50O10/c1-3-5-6-7-27-10-11-29-14-15-31-18-19-33-22-23-35-25-24-34-21-20-32-17-16-30-13-12-28-9-8-26-4-2/h4H,2-3,5-25H2,1H3. The van der Waals surface area contributed by atoms with Crippen molar-refractivity contribution < 1.29 is 47.4 Å². The smallest absolute Gasteiger partial charge is 0.111 e. The summed E-state index contributed by atoms with van der Waals surface area (Å²) >= 11 is 0. The van der Waals surface area contributed by atoms with E-state index in [0.717, 1.165) is 13.0 Å². The third-order valence-electron chi connectivity index (χ3n) is 4.33. The fourth-order valence-electron chi connectivity index (χ4n) is 2.51. The Morgan fingerprint density at radius 1 is 0.371 bits per heavy atom. The molecule has 0 aromatic rings. The summed E-state index contributed by atoms with van der Waals surface area (Å²) in [6.07, 6.45) is 4.95. The van der Waals surface area contributed by atoms with E-state index in [1.807, 2.05) is 0 Å². The van der Waals surface area contributed by atoms with Crippen molar-refractivity contribution >= 4 is 0 Å². The first-order valence-corrected chi connectivity index (χ1v) is 12.8. The number of ether oxygens (including phenoxy) is 10. The Balaban J connectivity index is 3.00. The number of hydrogen-bond donors (Lipinski definition) is 0. The first-order chi connectivity index (χ1) is 17.4. The van der Waals surface area contributed by atoms with Crippen molar-refractivity contribution in [2.75, 3.05) is 126 Å². The van der Waals surface area contributed by atoms with Gasteiger partial charge in [-0.2, -0.15) is 0 Å². The maximum absolute atomic E-state index is 5.47. The summed E-state index contributed by atoms with van der Waals surface area (Å²) in [4.78, 5) is 0. The molecule has 0 aliphatic heterocycles. The molecule has 0 amide bonds. The van der Waals surface area contributed by atoms with Crippen LogP contribution in [0.15, 0.2) is 12.8 Å². The van der Waals surface area contributed by atoms with Crippen LogP contribution in [-0.4, -0.2) is 126 Å². The zero-order valence-corrected chi connectivity index (χ0v) is 21.9. The maximum Gasteiger partial charge on any atom is 0.111 e. The van der Waals surface area contributed by atoms with Gasteiger partial charge in [-0.1, -0.05) is 26.3 Å². The molecule has 0 unspecified atom stereocenters. The molecule has 0 heterocycles. The quantitative estimate of drug-likeness (QED) is 0.0993. The molecular formula is C25H50O10. The molecule has 0 fully saturated rings. The second-order valence-electron chi connectivity index (χ2n) is 7.26. The van der Waals surface area contributed by atoms with Crippen molar-refractivity contribution in [3.63, 3.8) is 0 Å². The highest BCUT2D eigenvalue weighted by Crippen LogP contribution is 1.94. The molecule has 0 rings (SSSR count). The van der Waals surface area contributed by atoms with Gasteiger partial charge in [0.25, 0.3) is 0 Å². The van der Waals surface area contributed by atoms with Gasteiger partial charge in [-0.3, -0.25) is 0 Å². The Morgan fingerprint density at radius 2 is 0.629 bits per heavy atom. The van der Waals surface area contributed by atoms with Crippen LogP contribution in [0.1, 0.15) is 26.2 Å². The third kappa shape index (κ3) is 33.2. The zero-order valence-electron chi connectivity index (χ0n) is 21.9. The van der Waals surface area contributed by atoms with Crippen LogP contribution in [0, 0.1) is 0 Å². The van der Waals surface area contributed by atoms with Crippen LogP contribution in [0.5, 0.6) is 0 Å². The zero-order chi connectivity index (χ0) is 25.3. The second kappa shape index (κ2) is 33.2. The van der Waals surface area contributed by atoms with Crippen molar-refractivity contribution in [1.29, 1.82) is 0 Å². The average Bonchev–Trinajstić information content (AvgIpc) is 2.87. The molecule has 0 atom stereocenters. The predicted octanol–water partition coefficient (Wildman–Crippen LogP) is 2.49. The topological polar surface area (TPSA) is 92.3 Å². The van der Waals surface area contributed by atoms with E-state index in [-0.39, 0.29) is 0 Å². The van der Waals surface area contributed by atoms with E-state index in [1.54, 1.807) is 0 Å². The molecule has 0 radical (unpaired) electrons. The molecule has 0 aliphatic carbocycles. The summed E-state index contributed by atoms with van der Waals surface area (Å²) in [6.45, 7) is 16.3. The van der Waals surface area contributed by atoms with Gasteiger partial charge in [-0.05, 0) is 6.42 Å². The van der Waals surface area contributed by atoms with Crippen LogP contribution in [0.3, 0.4) is 0 Å². The summed E-state index contributed by atoms with van der Waals surface area (Å²) < 4.78 is 53.8. The normalized spacial score (nSPS) is 11.2. The molecule has 0 aromatic carbocycles. The maximum atomic E-state index is 5.47. The highest BCUT2D eigenvalue weighted by Gasteiger charge is 1.95. The summed E-state index contributed by atoms with van der Waals surface area (Å²) in [5.41, 5.74) is 0. The molecule has 0 aliphatic rings. The molecule has 210 valence electrons. The van der Waals surface area contributed by atoms with E-state index in [1.165, 1.54) is 19.1 Å². The fourth-order valence-corrected chi connectivity index (χ4v) is 2.51. The van der Waals surface area contributed by atoms with E-state index >= 15 is 0 Å². The lowest BCUT2D eigenvalue weighted by molar-refractivity contribution is -0.0256. The highest BCUT2D eigenvalue weighted by atomic mass is 16.6. The molecule has 10 heteroatoms. The van der Waals surface area contributed by atoms with Gasteiger partial charge in [0.05, 0.1) is 119 Å². The summed E-state index contributed by atoms with van der Waals surface area (Å²) in [5, 5.41) is 0. The fraction of sp³-hybridized carbons (Fsp3) is 0.920. The van der Waals surface area contributed by atoms with E-state index in [9.17, 15) is 0 Å². The summed E-state index contributed by atoms with van der Waals surface area (Å²) in [5.74, 6) is 0. The number of unbranched alkanes of at least 4 members (excludes halogenated alkanes) is 2. The Labute approximate surface area is 212 Å². The minimum Gasteiger partial charge on any atom is -0.499 e. The van der Waals surface area contributed by atoms with E-state index in [2.05, 4.69) is 13.5 Å². The number of hydrogen-bond acceptors (Lipinski definition) is 10. The van der Waals surface area contributed by atoms with E-state index in [0.29, 0.717) is 119 Å². The van der Waals surface area contributed by atoms with Gasteiger partial charge in [0.2, 0.25) is 0 Å². The van der Waals surface area contributed by atoms with Crippen LogP contribution in [0.2, 0.25) is 0 Å². The van der Waals surface area contributed by atoms with Crippen LogP contribution >= 0.6 is 0 Å². The molecular weight excluding hydrogens is 460 g/mol. The first-order valence-electron chi connectivity index (χ1n) is 12.8. The van der Waals surface area contributed by atoms with Gasteiger partial charge in [0.1, 0.15) is 6.61 Å². The minimum absolute atomic E-state index is 0.508. The van der Waals surface area contributed by atoms with Gasteiger partial charge >= 0.3 is 0 Å². The van der Waals surface area contributed by atoms with Crippen molar-refractivity contribution in [2.45, 2.75) is 26.2 Å². The minimum atomic E-state index is 0.508. The number of rotatable bonds is 32. The SMILES string of the molecule is C=COCCOCCOCCOCCOCCOCCOCCOCCOCCOCCCCC. The largest absolute Gasteiger partial charge is 0.499 e. The van der Waals surface area contributed by atoms with Crippen molar-refractivity contribution in [3.8, 4) is 0 Å². The lowest BCUT2D eigenvalue weighted by Gasteiger charge is -2.09. The van der Waals surface area contributed by atoms with Gasteiger partial charge in [0, 0.05) is 6.61 Å². The Kier molecular flexibility index (Phi) is 32.4. The Bertz CT molecular complexity index is 387. The van der Waals surface area contributed by atoms with Crippen molar-refractivity contribution in [2.24, 2.45) is 0 Å². The van der Waals surface area contributed by atoms with Gasteiger partial charge in [-0.25, -0.2) is 0 Å². The van der Waals surface area contributed by atoms with Crippen LogP contribution in [0.4, 0.5) is 0 Å². The lowest BCUT2D eigenvalue weighted by Crippen LogP contribution is -2.15. The Morgan fingerprint density at radius 3 is 0.886 bits per heavy atom. The van der Waals surface area contributed by atoms with Crippen LogP contribution in [0.25, 0.3) is 0 Å². The molecule has 35 heavy (non-hydrogen) atoms. The summed E-state index contributed by atoms with van der Waals surface area (Å²) in [7, 11) is 0. The first kappa shape index (κ1) is 34.2. The van der Waals surface area contributed by atoms with E-state index < -0.39 is 0 Å². The molecule has 0 bridgehead atoms. The molecule has 0 saturated carbocycles. The summed E-state index contributed by atoms with van der Waals surface area (Å²) in [6, 6.07) is 0. The predicted molar refractivity (Wildman–Crippen MR) is 133 cm³/mol. The Hall–Kier alpha value is -0.820. The monoisotopic (exact) mass is 510 g/mol.